The average Bonchev–Trinajstić information content (AvgIpc) is 2.21. The Bertz CT molecular complexity index is 121. The van der Waals surface area contributed by atoms with Crippen molar-refractivity contribution in [1.29, 1.82) is 0 Å². The van der Waals surface area contributed by atoms with Crippen LogP contribution in [-0.4, -0.2) is 31.1 Å². The quantitative estimate of drug-likeness (QED) is 0.648. The van der Waals surface area contributed by atoms with Crippen LogP contribution >= 0.6 is 0 Å². The van der Waals surface area contributed by atoms with Crippen molar-refractivity contribution < 1.29 is 4.74 Å². The van der Waals surface area contributed by atoms with Crippen molar-refractivity contribution in [1.82, 2.24) is 4.90 Å². The van der Waals surface area contributed by atoms with E-state index in [9.17, 15) is 0 Å². The van der Waals surface area contributed by atoms with Crippen LogP contribution in [0.25, 0.3) is 0 Å². The second kappa shape index (κ2) is 4.97. The van der Waals surface area contributed by atoms with E-state index in [2.05, 4.69) is 11.5 Å². The summed E-state index contributed by atoms with van der Waals surface area (Å²) in [5, 5.41) is 0. The van der Waals surface area contributed by atoms with Crippen LogP contribution in [0.15, 0.2) is 0 Å². The zero-order valence-corrected chi connectivity index (χ0v) is 8.37. The lowest BCUT2D eigenvalue weighted by Crippen LogP contribution is -2.35. The minimum atomic E-state index is 0.701. The lowest BCUT2D eigenvalue weighted by Gasteiger charge is -2.31. The van der Waals surface area contributed by atoms with Gasteiger partial charge in [-0.2, -0.15) is 0 Å². The van der Waals surface area contributed by atoms with Gasteiger partial charge in [0.2, 0.25) is 0 Å². The second-order valence-corrected chi connectivity index (χ2v) is 4.27. The smallest absolute Gasteiger partial charge is 0.0880 e. The number of ether oxygens (including phenoxy) is 1. The molecule has 0 aromatic carbocycles. The van der Waals surface area contributed by atoms with Crippen LogP contribution in [0.4, 0.5) is 0 Å². The Morgan fingerprint density at radius 3 is 2.69 bits per heavy atom. The Kier molecular flexibility index (Phi) is 3.62. The predicted molar refractivity (Wildman–Crippen MR) is 53.3 cm³/mol. The van der Waals surface area contributed by atoms with E-state index in [1.165, 1.54) is 51.7 Å². The largest absolute Gasteiger partial charge is 0.375 e. The molecule has 2 fully saturated rings. The van der Waals surface area contributed by atoms with Gasteiger partial charge in [0.1, 0.15) is 0 Å². The summed E-state index contributed by atoms with van der Waals surface area (Å²) in [4.78, 5) is 2.60. The molecule has 2 aliphatic heterocycles. The molecule has 0 aromatic rings. The first-order valence-corrected chi connectivity index (χ1v) is 5.62. The first-order valence-electron chi connectivity index (χ1n) is 5.62. The first-order chi connectivity index (χ1) is 6.45. The molecule has 1 radical (unpaired) electrons. The summed E-state index contributed by atoms with van der Waals surface area (Å²) >= 11 is 0. The summed E-state index contributed by atoms with van der Waals surface area (Å²) in [6.45, 7) is 6.86. The molecule has 2 saturated heterocycles. The maximum atomic E-state index is 5.37. The third-order valence-corrected chi connectivity index (χ3v) is 3.07. The minimum absolute atomic E-state index is 0.701. The van der Waals surface area contributed by atoms with Gasteiger partial charge in [-0.25, -0.2) is 0 Å². The van der Waals surface area contributed by atoms with Crippen molar-refractivity contribution in [3.63, 3.8) is 0 Å². The van der Waals surface area contributed by atoms with Crippen LogP contribution in [0, 0.1) is 12.5 Å². The SMILES string of the molecule is [CH]1OCCCC1CN1CCCCC1. The van der Waals surface area contributed by atoms with E-state index in [0.717, 1.165) is 6.61 Å². The van der Waals surface area contributed by atoms with Gasteiger partial charge in [-0.15, -0.1) is 0 Å². The normalized spacial score (nSPS) is 31.8. The Balaban J connectivity index is 1.69. The van der Waals surface area contributed by atoms with Crippen LogP contribution in [0.3, 0.4) is 0 Å². The van der Waals surface area contributed by atoms with E-state index in [-0.39, 0.29) is 0 Å². The van der Waals surface area contributed by atoms with Crippen LogP contribution in [0.5, 0.6) is 0 Å². The molecule has 0 amide bonds. The molecule has 2 aliphatic rings. The summed E-state index contributed by atoms with van der Waals surface area (Å²) < 4.78 is 5.37. The van der Waals surface area contributed by atoms with Crippen LogP contribution in [0.2, 0.25) is 0 Å². The second-order valence-electron chi connectivity index (χ2n) is 4.27. The van der Waals surface area contributed by atoms with Gasteiger partial charge in [0.25, 0.3) is 0 Å². The fourth-order valence-electron chi connectivity index (χ4n) is 2.31. The molecule has 2 nitrogen and oxygen atoms in total. The topological polar surface area (TPSA) is 12.5 Å². The van der Waals surface area contributed by atoms with Crippen LogP contribution < -0.4 is 0 Å². The number of hydrogen-bond acceptors (Lipinski definition) is 2. The van der Waals surface area contributed by atoms with E-state index in [1.54, 1.807) is 0 Å². The van der Waals surface area contributed by atoms with E-state index in [4.69, 9.17) is 4.74 Å². The number of piperidine rings is 1. The molecular weight excluding hydrogens is 162 g/mol. The maximum Gasteiger partial charge on any atom is 0.0880 e. The van der Waals surface area contributed by atoms with E-state index in [0.29, 0.717) is 5.92 Å². The highest BCUT2D eigenvalue weighted by molar-refractivity contribution is 4.77. The summed E-state index contributed by atoms with van der Waals surface area (Å²) in [5.41, 5.74) is 0. The first kappa shape index (κ1) is 9.47. The van der Waals surface area contributed by atoms with Crippen molar-refractivity contribution in [2.75, 3.05) is 26.2 Å². The molecule has 0 saturated carbocycles. The molecule has 75 valence electrons. The van der Waals surface area contributed by atoms with Gasteiger partial charge >= 0.3 is 0 Å². The summed E-state index contributed by atoms with van der Waals surface area (Å²) in [6, 6.07) is 0. The lowest BCUT2D eigenvalue weighted by molar-refractivity contribution is 0.0884. The van der Waals surface area contributed by atoms with E-state index < -0.39 is 0 Å². The van der Waals surface area contributed by atoms with E-state index >= 15 is 0 Å². The Labute approximate surface area is 81.3 Å². The molecule has 0 aliphatic carbocycles. The van der Waals surface area contributed by atoms with Crippen molar-refractivity contribution in [2.45, 2.75) is 32.1 Å². The van der Waals surface area contributed by atoms with Gasteiger partial charge in [-0.3, -0.25) is 0 Å². The number of nitrogens with zero attached hydrogens (tertiary/aromatic N) is 1. The monoisotopic (exact) mass is 182 g/mol. The fraction of sp³-hybridized carbons (Fsp3) is 0.909. The molecule has 2 heterocycles. The highest BCUT2D eigenvalue weighted by atomic mass is 16.5. The van der Waals surface area contributed by atoms with Gasteiger partial charge in [0.05, 0.1) is 6.61 Å². The predicted octanol–water partition coefficient (Wildman–Crippen LogP) is 2.06. The number of hydrogen-bond donors (Lipinski definition) is 0. The molecular formula is C11H20NO. The number of rotatable bonds is 2. The lowest BCUT2D eigenvalue weighted by atomic mass is 10.0. The standard InChI is InChI=1S/C11H20NO/c1-2-6-12(7-3-1)9-11-5-4-8-13-10-11/h10-11H,1-9H2. The third kappa shape index (κ3) is 2.96. The molecule has 0 N–H and O–H groups in total. The molecule has 13 heavy (non-hydrogen) atoms. The van der Waals surface area contributed by atoms with Crippen molar-refractivity contribution in [3.8, 4) is 0 Å². The fourth-order valence-corrected chi connectivity index (χ4v) is 2.31. The zero-order chi connectivity index (χ0) is 8.93. The molecule has 0 bridgehead atoms. The highest BCUT2D eigenvalue weighted by Gasteiger charge is 2.19. The van der Waals surface area contributed by atoms with Gasteiger partial charge in [-0.1, -0.05) is 6.42 Å². The molecule has 0 aromatic heterocycles. The van der Waals surface area contributed by atoms with Gasteiger partial charge in [0, 0.05) is 19.1 Å². The van der Waals surface area contributed by atoms with Crippen LogP contribution in [-0.2, 0) is 4.74 Å². The summed E-state index contributed by atoms with van der Waals surface area (Å²) in [7, 11) is 0. The van der Waals surface area contributed by atoms with Gasteiger partial charge in [-0.05, 0) is 38.8 Å². The van der Waals surface area contributed by atoms with Crippen LogP contribution in [0.1, 0.15) is 32.1 Å². The Morgan fingerprint density at radius 2 is 2.00 bits per heavy atom. The van der Waals surface area contributed by atoms with Crippen molar-refractivity contribution in [2.24, 2.45) is 5.92 Å². The summed E-state index contributed by atoms with van der Waals surface area (Å²) in [6.07, 6.45) is 6.80. The number of likely N-dealkylation sites (tertiary alicyclic amines) is 1. The Morgan fingerprint density at radius 1 is 1.15 bits per heavy atom. The highest BCUT2D eigenvalue weighted by Crippen LogP contribution is 2.20. The molecule has 0 spiro atoms. The minimum Gasteiger partial charge on any atom is -0.375 e. The molecule has 1 unspecified atom stereocenters. The Hall–Kier alpha value is -0.0800. The van der Waals surface area contributed by atoms with Gasteiger partial charge in [0.15, 0.2) is 0 Å². The van der Waals surface area contributed by atoms with Gasteiger partial charge < -0.3 is 9.64 Å². The summed E-state index contributed by atoms with van der Waals surface area (Å²) in [5.74, 6) is 0.701. The van der Waals surface area contributed by atoms with Crippen molar-refractivity contribution >= 4 is 0 Å². The average molecular weight is 182 g/mol. The molecule has 2 heteroatoms. The zero-order valence-electron chi connectivity index (χ0n) is 8.37. The molecule has 2 rings (SSSR count). The van der Waals surface area contributed by atoms with E-state index in [1.807, 2.05) is 0 Å². The maximum absolute atomic E-state index is 5.37. The van der Waals surface area contributed by atoms with Crippen molar-refractivity contribution in [3.05, 3.63) is 6.61 Å². The third-order valence-electron chi connectivity index (χ3n) is 3.07. The molecule has 1 atom stereocenters.